The van der Waals surface area contributed by atoms with Crippen LogP contribution < -0.4 is 19.3 Å². The van der Waals surface area contributed by atoms with Gasteiger partial charge in [0.2, 0.25) is 11.8 Å². The van der Waals surface area contributed by atoms with Gasteiger partial charge in [-0.2, -0.15) is 0 Å². The number of amides is 2. The molecule has 8 aromatic rings. The van der Waals surface area contributed by atoms with Gasteiger partial charge in [0.15, 0.2) is 5.82 Å². The molecule has 6 heterocycles. The van der Waals surface area contributed by atoms with Gasteiger partial charge in [0.25, 0.3) is 0 Å². The van der Waals surface area contributed by atoms with Gasteiger partial charge < -0.3 is 28.7 Å². The second kappa shape index (κ2) is 21.5. The highest BCUT2D eigenvalue weighted by Gasteiger charge is 2.36. The van der Waals surface area contributed by atoms with E-state index < -0.39 is 11.9 Å². The molecular weight excluding hydrogens is 1090 g/mol. The molecule has 0 unspecified atom stereocenters. The first-order valence-electron chi connectivity index (χ1n) is 24.3. The average Bonchev–Trinajstić information content (AvgIpc) is 4.40. The van der Waals surface area contributed by atoms with Crippen LogP contribution in [0, 0.1) is 0 Å². The number of nitrogens with zero attached hydrogens (tertiary/aromatic N) is 6. The maximum absolute atomic E-state index is 12.9. The molecule has 0 bridgehead atoms. The van der Waals surface area contributed by atoms with Crippen molar-refractivity contribution in [1.82, 2.24) is 20.3 Å². The molecule has 4 aromatic heterocycles. The molecule has 0 atom stereocenters. The molecule has 2 saturated carbocycles. The summed E-state index contributed by atoms with van der Waals surface area (Å²) in [5, 5.41) is 29.0. The zero-order valence-corrected chi connectivity index (χ0v) is 44.1. The molecule has 21 heteroatoms. The smallest absolute Gasteiger partial charge is 0.337 e. The first kappa shape index (κ1) is 51.6. The van der Waals surface area contributed by atoms with E-state index in [4.69, 9.17) is 81.6 Å². The predicted octanol–water partition coefficient (Wildman–Crippen LogP) is 14.3. The third kappa shape index (κ3) is 10.6. The van der Waals surface area contributed by atoms with Gasteiger partial charge in [-0.25, -0.2) is 19.6 Å². The summed E-state index contributed by atoms with van der Waals surface area (Å²) in [7, 11) is 0. The zero-order valence-electron chi connectivity index (χ0n) is 40.3. The first-order chi connectivity index (χ1) is 37.2. The topological polar surface area (TPSA) is 212 Å². The van der Waals surface area contributed by atoms with Gasteiger partial charge in [-0.3, -0.25) is 19.4 Å². The minimum Gasteiger partial charge on any atom is -0.489 e. The second-order valence-corrected chi connectivity index (χ2v) is 20.7. The summed E-state index contributed by atoms with van der Waals surface area (Å²) in [4.78, 5) is 59.4. The molecular formula is C56H41Cl5N6O10. The fourth-order valence-electron chi connectivity index (χ4n) is 9.36. The molecule has 390 valence electrons. The number of aromatic nitrogens is 4. The number of aromatic carboxylic acids is 2. The highest BCUT2D eigenvalue weighted by molar-refractivity contribution is 6.40. The third-order valence-electron chi connectivity index (χ3n) is 13.5. The third-order valence-corrected chi connectivity index (χ3v) is 15.0. The van der Waals surface area contributed by atoms with Crippen molar-refractivity contribution in [3.8, 4) is 34.0 Å². The van der Waals surface area contributed by atoms with Gasteiger partial charge in [0.05, 0.1) is 58.7 Å². The maximum Gasteiger partial charge on any atom is 0.337 e. The molecule has 2 amide bonds. The molecule has 4 aliphatic rings. The van der Waals surface area contributed by atoms with Crippen molar-refractivity contribution in [1.29, 1.82) is 0 Å². The number of carbonyl (C=O) groups excluding carboxylic acids is 2. The van der Waals surface area contributed by atoms with E-state index in [0.29, 0.717) is 102 Å². The summed E-state index contributed by atoms with van der Waals surface area (Å²) in [6, 6.07) is 25.8. The molecule has 16 nitrogen and oxygen atoms in total. The van der Waals surface area contributed by atoms with Crippen molar-refractivity contribution in [3.05, 3.63) is 173 Å². The summed E-state index contributed by atoms with van der Waals surface area (Å²) < 4.78 is 23.9. The highest BCUT2D eigenvalue weighted by Crippen LogP contribution is 2.48. The summed E-state index contributed by atoms with van der Waals surface area (Å²) in [6.45, 7) is 0.406. The Balaban J connectivity index is 0.000000164. The molecule has 2 N–H and O–H groups in total. The number of halogens is 5. The van der Waals surface area contributed by atoms with Crippen molar-refractivity contribution in [2.75, 3.05) is 9.80 Å². The van der Waals surface area contributed by atoms with Crippen molar-refractivity contribution in [3.63, 3.8) is 0 Å². The summed E-state index contributed by atoms with van der Waals surface area (Å²) in [6.07, 6.45) is 8.12. The minimum atomic E-state index is -1.15. The molecule has 2 aliphatic heterocycles. The van der Waals surface area contributed by atoms with Crippen LogP contribution in [0.5, 0.6) is 11.5 Å². The van der Waals surface area contributed by atoms with Crippen LogP contribution in [0.2, 0.25) is 25.1 Å². The van der Waals surface area contributed by atoms with Crippen LogP contribution in [0.25, 0.3) is 22.5 Å². The van der Waals surface area contributed by atoms with E-state index in [1.165, 1.54) is 40.4 Å². The fourth-order valence-corrected chi connectivity index (χ4v) is 10.8. The number of anilines is 4. The number of aryl methyl sites for hydroxylation is 2. The molecule has 77 heavy (non-hydrogen) atoms. The quantitative estimate of drug-likeness (QED) is 0.104. The Labute approximate surface area is 464 Å². The van der Waals surface area contributed by atoms with Crippen LogP contribution in [0.1, 0.15) is 105 Å². The van der Waals surface area contributed by atoms with Gasteiger partial charge >= 0.3 is 11.9 Å². The Morgan fingerprint density at radius 2 is 1.03 bits per heavy atom. The largest absolute Gasteiger partial charge is 0.489 e. The Hall–Kier alpha value is -7.47. The van der Waals surface area contributed by atoms with Crippen LogP contribution in [0.4, 0.5) is 23.0 Å². The predicted molar refractivity (Wildman–Crippen MR) is 288 cm³/mol. The van der Waals surface area contributed by atoms with Gasteiger partial charge in [0, 0.05) is 48.2 Å². The van der Waals surface area contributed by atoms with E-state index in [1.807, 2.05) is 18.2 Å². The lowest BCUT2D eigenvalue weighted by Gasteiger charge is -2.29. The number of fused-ring (bicyclic) bond motifs is 2. The molecule has 0 spiro atoms. The van der Waals surface area contributed by atoms with Crippen molar-refractivity contribution in [2.24, 2.45) is 0 Å². The van der Waals surface area contributed by atoms with Crippen LogP contribution in [-0.4, -0.2) is 54.2 Å². The summed E-state index contributed by atoms with van der Waals surface area (Å²) in [5.74, 6) is 1.43. The number of benzene rings is 4. The van der Waals surface area contributed by atoms with Crippen LogP contribution >= 0.6 is 58.0 Å². The molecule has 4 aromatic carbocycles. The van der Waals surface area contributed by atoms with Gasteiger partial charge in [-0.05, 0) is 129 Å². The standard InChI is InChI=1S/C28H20Cl3N3O5.C28H21Cl2N3O5/c29-19-2-1-3-20(30)24(19)25-18(26(39-33-25)14-4-5-14)13-38-17-7-8-22-15(10-17)6-9-23(35)34(22)27-21(31)11-16(12-32-27)28(36)37;29-20-2-1-3-21(30)25(20)26-19(27(38-32-26)15-4-5-15)14-37-18-8-9-22-16(12-18)7-11-24(34)33(22)23-10-6-17(13-31-23)28(35)36/h1-3,7-8,10-12,14H,4-6,9,13H2,(H,36,37);1-3,6,8-10,12-13,15H,4-5,7,11,14H2,(H,35,36). The summed E-state index contributed by atoms with van der Waals surface area (Å²) >= 11 is 32.2. The first-order valence-corrected chi connectivity index (χ1v) is 26.2. The highest BCUT2D eigenvalue weighted by atomic mass is 35.5. The van der Waals surface area contributed by atoms with Crippen molar-refractivity contribution >= 4 is 105 Å². The number of pyridine rings is 2. The molecule has 2 fully saturated rings. The molecule has 0 saturated heterocycles. The van der Waals surface area contributed by atoms with E-state index >= 15 is 0 Å². The Morgan fingerprint density at radius 3 is 1.47 bits per heavy atom. The normalized spacial score (nSPS) is 14.9. The molecule has 0 radical (unpaired) electrons. The van der Waals surface area contributed by atoms with Crippen LogP contribution in [-0.2, 0) is 35.6 Å². The van der Waals surface area contributed by atoms with E-state index in [2.05, 4.69) is 20.3 Å². The number of carbonyl (C=O) groups is 4. The molecule has 12 rings (SSSR count). The molecule has 2 aliphatic carbocycles. The average molecular weight is 1140 g/mol. The van der Waals surface area contributed by atoms with E-state index in [1.54, 1.807) is 54.6 Å². The van der Waals surface area contributed by atoms with Crippen LogP contribution in [0.3, 0.4) is 0 Å². The van der Waals surface area contributed by atoms with Gasteiger partial charge in [0.1, 0.15) is 53.4 Å². The number of rotatable bonds is 14. The van der Waals surface area contributed by atoms with Crippen molar-refractivity contribution in [2.45, 2.75) is 76.4 Å². The Morgan fingerprint density at radius 1 is 0.558 bits per heavy atom. The SMILES string of the molecule is O=C(O)c1ccc(N2C(=O)CCc3cc(OCc4c(-c5c(Cl)cccc5Cl)noc4C4CC4)ccc32)nc1.O=C(O)c1cnc(N2C(=O)CCc3cc(OCc4c(-c5c(Cl)cccc5Cl)noc4C4CC4)ccc32)c(Cl)c1. The Kier molecular flexibility index (Phi) is 14.4. The second-order valence-electron chi connectivity index (χ2n) is 18.7. The minimum absolute atomic E-state index is 0.0546. The van der Waals surface area contributed by atoms with Gasteiger partial charge in [-0.1, -0.05) is 80.5 Å². The van der Waals surface area contributed by atoms with Crippen LogP contribution in [0.15, 0.2) is 112 Å². The fraction of sp³-hybridized carbons (Fsp3) is 0.214. The van der Waals surface area contributed by atoms with Crippen molar-refractivity contribution < 1.29 is 47.9 Å². The summed E-state index contributed by atoms with van der Waals surface area (Å²) in [5.41, 5.74) is 7.08. The van der Waals surface area contributed by atoms with E-state index in [-0.39, 0.29) is 53.4 Å². The zero-order chi connectivity index (χ0) is 53.6. The lowest BCUT2D eigenvalue weighted by atomic mass is 10.0. The monoisotopic (exact) mass is 1130 g/mol. The van der Waals surface area contributed by atoms with E-state index in [9.17, 15) is 24.3 Å². The number of hydrogen-bond donors (Lipinski definition) is 2. The lowest BCUT2D eigenvalue weighted by molar-refractivity contribution is -0.119. The maximum atomic E-state index is 12.9. The number of carboxylic acids is 2. The Bertz CT molecular complexity index is 3630. The number of hydrogen-bond acceptors (Lipinski definition) is 12. The number of ether oxygens (including phenoxy) is 2. The van der Waals surface area contributed by atoms with E-state index in [0.717, 1.165) is 59.5 Å². The van der Waals surface area contributed by atoms with Gasteiger partial charge in [-0.15, -0.1) is 0 Å². The lowest BCUT2D eigenvalue weighted by Crippen LogP contribution is -2.31. The number of carboxylic acid groups (broad SMARTS) is 2.